The van der Waals surface area contributed by atoms with Gasteiger partial charge in [0.1, 0.15) is 0 Å². The Labute approximate surface area is 115 Å². The number of hydrogen-bond acceptors (Lipinski definition) is 3. The Bertz CT molecular complexity index is 427. The molecule has 6 heteroatoms. The molecule has 18 heavy (non-hydrogen) atoms. The van der Waals surface area contributed by atoms with Crippen molar-refractivity contribution in [2.45, 2.75) is 20.3 Å². The molecule has 1 aliphatic heterocycles. The third-order valence-electron chi connectivity index (χ3n) is 3.25. The Morgan fingerprint density at radius 1 is 1.67 bits per heavy atom. The lowest BCUT2D eigenvalue weighted by Crippen LogP contribution is -2.35. The fourth-order valence-corrected chi connectivity index (χ4v) is 2.45. The van der Waals surface area contributed by atoms with E-state index in [2.05, 4.69) is 26.1 Å². The Kier molecular flexibility index (Phi) is 4.40. The van der Waals surface area contributed by atoms with E-state index in [-0.39, 0.29) is 5.91 Å². The minimum Gasteiger partial charge on any atom is -0.381 e. The number of aromatic nitrogens is 2. The van der Waals surface area contributed by atoms with E-state index < -0.39 is 0 Å². The Morgan fingerprint density at radius 3 is 2.94 bits per heavy atom. The van der Waals surface area contributed by atoms with Crippen molar-refractivity contribution < 1.29 is 9.53 Å². The van der Waals surface area contributed by atoms with Crippen molar-refractivity contribution in [1.29, 1.82) is 0 Å². The first-order valence-electron chi connectivity index (χ1n) is 6.21. The highest BCUT2D eigenvalue weighted by atomic mass is 79.9. The molecule has 1 saturated heterocycles. The van der Waals surface area contributed by atoms with Crippen LogP contribution in [0.25, 0.3) is 0 Å². The highest BCUT2D eigenvalue weighted by molar-refractivity contribution is 9.10. The maximum absolute atomic E-state index is 12.4. The molecule has 0 bridgehead atoms. The molecule has 1 aliphatic rings. The summed E-state index contributed by atoms with van der Waals surface area (Å²) in [6, 6.07) is 0. The van der Waals surface area contributed by atoms with Gasteiger partial charge in [-0.15, -0.1) is 0 Å². The zero-order chi connectivity index (χ0) is 13.1. The van der Waals surface area contributed by atoms with Crippen LogP contribution in [0.2, 0.25) is 0 Å². The predicted octanol–water partition coefficient (Wildman–Crippen LogP) is 1.98. The lowest BCUT2D eigenvalue weighted by Gasteiger charge is -2.22. The molecule has 0 radical (unpaired) electrons. The van der Waals surface area contributed by atoms with Gasteiger partial charge in [0.15, 0.2) is 5.69 Å². The number of halogens is 1. The van der Waals surface area contributed by atoms with Crippen LogP contribution in [-0.4, -0.2) is 47.3 Å². The summed E-state index contributed by atoms with van der Waals surface area (Å²) in [5.41, 5.74) is 1.34. The quantitative estimate of drug-likeness (QED) is 0.924. The second-order valence-electron chi connectivity index (χ2n) is 4.58. The van der Waals surface area contributed by atoms with Crippen LogP contribution < -0.4 is 0 Å². The summed E-state index contributed by atoms with van der Waals surface area (Å²) in [4.78, 5) is 14.2. The second kappa shape index (κ2) is 5.84. The molecule has 1 unspecified atom stereocenters. The van der Waals surface area contributed by atoms with Crippen molar-refractivity contribution in [2.75, 3.05) is 26.3 Å². The van der Waals surface area contributed by atoms with Crippen molar-refractivity contribution in [1.82, 2.24) is 15.1 Å². The molecule has 100 valence electrons. The highest BCUT2D eigenvalue weighted by Crippen LogP contribution is 2.21. The minimum atomic E-state index is -0.0272. The number of aromatic amines is 1. The standard InChI is InChI=1S/C12H18BrN3O2/c1-3-16(6-9-4-5-18-7-9)12(17)11-10(13)8(2)14-15-11/h9H,3-7H2,1-2H3,(H,14,15). The number of hydrogen-bond donors (Lipinski definition) is 1. The number of rotatable bonds is 4. The van der Waals surface area contributed by atoms with Gasteiger partial charge < -0.3 is 9.64 Å². The molecule has 1 fully saturated rings. The van der Waals surface area contributed by atoms with Crippen LogP contribution in [0.5, 0.6) is 0 Å². The zero-order valence-corrected chi connectivity index (χ0v) is 12.3. The number of nitrogens with zero attached hydrogens (tertiary/aromatic N) is 2. The third-order valence-corrected chi connectivity index (χ3v) is 4.22. The average molecular weight is 316 g/mol. The van der Waals surface area contributed by atoms with Gasteiger partial charge in [-0.3, -0.25) is 9.89 Å². The van der Waals surface area contributed by atoms with E-state index in [0.29, 0.717) is 18.2 Å². The van der Waals surface area contributed by atoms with E-state index in [1.807, 2.05) is 18.7 Å². The molecule has 1 N–H and O–H groups in total. The number of amides is 1. The largest absolute Gasteiger partial charge is 0.381 e. The van der Waals surface area contributed by atoms with E-state index in [0.717, 1.165) is 36.3 Å². The summed E-state index contributed by atoms with van der Waals surface area (Å²) >= 11 is 3.40. The molecular weight excluding hydrogens is 298 g/mol. The first kappa shape index (κ1) is 13.5. The molecule has 0 spiro atoms. The van der Waals surface area contributed by atoms with Crippen molar-refractivity contribution in [3.63, 3.8) is 0 Å². The lowest BCUT2D eigenvalue weighted by molar-refractivity contribution is 0.0724. The van der Waals surface area contributed by atoms with Crippen molar-refractivity contribution in [3.8, 4) is 0 Å². The monoisotopic (exact) mass is 315 g/mol. The fourth-order valence-electron chi connectivity index (χ4n) is 2.10. The van der Waals surface area contributed by atoms with Crippen LogP contribution in [0.4, 0.5) is 0 Å². The lowest BCUT2D eigenvalue weighted by atomic mass is 10.1. The van der Waals surface area contributed by atoms with E-state index in [4.69, 9.17) is 4.74 Å². The van der Waals surface area contributed by atoms with E-state index >= 15 is 0 Å². The summed E-state index contributed by atoms with van der Waals surface area (Å²) in [5.74, 6) is 0.424. The number of ether oxygens (including phenoxy) is 1. The normalized spacial score (nSPS) is 19.2. The predicted molar refractivity (Wildman–Crippen MR) is 71.5 cm³/mol. The topological polar surface area (TPSA) is 58.2 Å². The van der Waals surface area contributed by atoms with Gasteiger partial charge in [0.05, 0.1) is 11.1 Å². The number of nitrogens with one attached hydrogen (secondary N) is 1. The van der Waals surface area contributed by atoms with E-state index in [1.165, 1.54) is 0 Å². The fraction of sp³-hybridized carbons (Fsp3) is 0.667. The Morgan fingerprint density at radius 2 is 2.44 bits per heavy atom. The van der Waals surface area contributed by atoms with Crippen molar-refractivity contribution in [2.24, 2.45) is 5.92 Å². The summed E-state index contributed by atoms with van der Waals surface area (Å²) in [7, 11) is 0. The molecule has 1 atom stereocenters. The number of aryl methyl sites for hydroxylation is 1. The summed E-state index contributed by atoms with van der Waals surface area (Å²) in [5, 5.41) is 6.89. The SMILES string of the molecule is CCN(CC1CCOC1)C(=O)c1n[nH]c(C)c1Br. The first-order valence-corrected chi connectivity index (χ1v) is 7.00. The number of carbonyl (C=O) groups excluding carboxylic acids is 1. The van der Waals surface area contributed by atoms with Crippen molar-refractivity contribution >= 4 is 21.8 Å². The van der Waals surface area contributed by atoms with Gasteiger partial charge >= 0.3 is 0 Å². The maximum Gasteiger partial charge on any atom is 0.275 e. The molecule has 1 aromatic rings. The molecule has 2 heterocycles. The highest BCUT2D eigenvalue weighted by Gasteiger charge is 2.25. The van der Waals surface area contributed by atoms with Gasteiger partial charge in [0, 0.05) is 31.3 Å². The second-order valence-corrected chi connectivity index (χ2v) is 5.38. The molecule has 0 aromatic carbocycles. The molecule has 1 aromatic heterocycles. The van der Waals surface area contributed by atoms with Gasteiger partial charge in [-0.1, -0.05) is 0 Å². The van der Waals surface area contributed by atoms with Gasteiger partial charge in [0.2, 0.25) is 0 Å². The van der Waals surface area contributed by atoms with Crippen LogP contribution in [0.15, 0.2) is 4.47 Å². The molecule has 0 aliphatic carbocycles. The minimum absolute atomic E-state index is 0.0272. The Hall–Kier alpha value is -0.880. The first-order chi connectivity index (χ1) is 8.63. The number of H-pyrrole nitrogens is 1. The van der Waals surface area contributed by atoms with E-state index in [9.17, 15) is 4.79 Å². The van der Waals surface area contributed by atoms with Crippen LogP contribution in [0, 0.1) is 12.8 Å². The molecule has 1 amide bonds. The number of carbonyl (C=O) groups is 1. The molecule has 0 saturated carbocycles. The molecular formula is C12H18BrN3O2. The van der Waals surface area contributed by atoms with Crippen LogP contribution in [-0.2, 0) is 4.74 Å². The van der Waals surface area contributed by atoms with Crippen LogP contribution in [0.3, 0.4) is 0 Å². The summed E-state index contributed by atoms with van der Waals surface area (Å²) in [6.45, 7) is 6.86. The molecule has 5 nitrogen and oxygen atoms in total. The Balaban J connectivity index is 2.07. The third kappa shape index (κ3) is 2.75. The summed E-state index contributed by atoms with van der Waals surface area (Å²) < 4.78 is 6.10. The maximum atomic E-state index is 12.4. The van der Waals surface area contributed by atoms with Crippen LogP contribution >= 0.6 is 15.9 Å². The molecule has 2 rings (SSSR count). The van der Waals surface area contributed by atoms with E-state index in [1.54, 1.807) is 0 Å². The zero-order valence-electron chi connectivity index (χ0n) is 10.7. The average Bonchev–Trinajstić information content (AvgIpc) is 2.98. The van der Waals surface area contributed by atoms with Crippen molar-refractivity contribution in [3.05, 3.63) is 15.9 Å². The van der Waals surface area contributed by atoms with Crippen LogP contribution in [0.1, 0.15) is 29.5 Å². The van der Waals surface area contributed by atoms with Gasteiger partial charge in [-0.25, -0.2) is 0 Å². The summed E-state index contributed by atoms with van der Waals surface area (Å²) in [6.07, 6.45) is 1.03. The van der Waals surface area contributed by atoms with Gasteiger partial charge in [0.25, 0.3) is 5.91 Å². The van der Waals surface area contributed by atoms with Gasteiger partial charge in [-0.2, -0.15) is 5.10 Å². The van der Waals surface area contributed by atoms with Gasteiger partial charge in [-0.05, 0) is 36.2 Å². The smallest absolute Gasteiger partial charge is 0.275 e.